The summed E-state index contributed by atoms with van der Waals surface area (Å²) in [7, 11) is 0. The van der Waals surface area contributed by atoms with Crippen LogP contribution < -0.4 is 0 Å². The van der Waals surface area contributed by atoms with E-state index in [4.69, 9.17) is 8.83 Å². The Hall–Kier alpha value is -2.50. The molecule has 1 saturated heterocycles. The summed E-state index contributed by atoms with van der Waals surface area (Å²) in [6.45, 7) is 2.24. The number of furan rings is 2. The lowest BCUT2D eigenvalue weighted by Crippen LogP contribution is -2.50. The van der Waals surface area contributed by atoms with Crippen LogP contribution in [0, 0.1) is 0 Å². The molecule has 2 aromatic heterocycles. The normalized spacial score (nSPS) is 15.1. The summed E-state index contributed by atoms with van der Waals surface area (Å²) in [5, 5.41) is 0. The van der Waals surface area contributed by atoms with Crippen LogP contribution in [0.15, 0.2) is 45.8 Å². The van der Waals surface area contributed by atoms with Crippen molar-refractivity contribution in [3.63, 3.8) is 0 Å². The highest BCUT2D eigenvalue weighted by atomic mass is 16.3. The van der Waals surface area contributed by atoms with E-state index in [0.717, 1.165) is 5.76 Å². The second kappa shape index (κ2) is 6.51. The SMILES string of the molecule is O=C(CCc1ccco1)N1CCN(C(=O)c2ccoc2)CC1. The van der Waals surface area contributed by atoms with E-state index in [2.05, 4.69) is 0 Å². The van der Waals surface area contributed by atoms with Gasteiger partial charge >= 0.3 is 0 Å². The molecular weight excluding hydrogens is 284 g/mol. The smallest absolute Gasteiger partial charge is 0.257 e. The first-order chi connectivity index (χ1) is 10.7. The Morgan fingerprint density at radius 3 is 2.45 bits per heavy atom. The van der Waals surface area contributed by atoms with Crippen molar-refractivity contribution >= 4 is 11.8 Å². The maximum absolute atomic E-state index is 12.2. The van der Waals surface area contributed by atoms with Gasteiger partial charge in [-0.3, -0.25) is 9.59 Å². The number of hydrogen-bond acceptors (Lipinski definition) is 4. The first kappa shape index (κ1) is 14.4. The van der Waals surface area contributed by atoms with Gasteiger partial charge in [-0.05, 0) is 18.2 Å². The van der Waals surface area contributed by atoms with E-state index in [-0.39, 0.29) is 11.8 Å². The monoisotopic (exact) mass is 302 g/mol. The minimum Gasteiger partial charge on any atom is -0.472 e. The van der Waals surface area contributed by atoms with Crippen molar-refractivity contribution < 1.29 is 18.4 Å². The largest absolute Gasteiger partial charge is 0.472 e. The van der Waals surface area contributed by atoms with Crippen LogP contribution in [0.5, 0.6) is 0 Å². The van der Waals surface area contributed by atoms with Crippen molar-refractivity contribution in [2.75, 3.05) is 26.2 Å². The highest BCUT2D eigenvalue weighted by Gasteiger charge is 2.25. The number of rotatable bonds is 4. The van der Waals surface area contributed by atoms with Gasteiger partial charge in [0.05, 0.1) is 18.1 Å². The average molecular weight is 302 g/mol. The Kier molecular flexibility index (Phi) is 4.27. The number of carbonyl (C=O) groups excluding carboxylic acids is 2. The molecule has 2 amide bonds. The Bertz CT molecular complexity index is 611. The summed E-state index contributed by atoms with van der Waals surface area (Å²) in [5.41, 5.74) is 0.553. The molecule has 0 unspecified atom stereocenters. The fourth-order valence-electron chi connectivity index (χ4n) is 2.57. The molecule has 2 aromatic rings. The molecular formula is C16H18N2O4. The molecule has 0 radical (unpaired) electrons. The van der Waals surface area contributed by atoms with Gasteiger partial charge in [-0.25, -0.2) is 0 Å². The Balaban J connectivity index is 1.47. The van der Waals surface area contributed by atoms with Crippen molar-refractivity contribution in [1.29, 1.82) is 0 Å². The third-order valence-electron chi connectivity index (χ3n) is 3.85. The topological polar surface area (TPSA) is 66.9 Å². The number of nitrogens with zero attached hydrogens (tertiary/aromatic N) is 2. The lowest BCUT2D eigenvalue weighted by molar-refractivity contribution is -0.132. The van der Waals surface area contributed by atoms with Gasteiger partial charge in [-0.1, -0.05) is 0 Å². The molecule has 116 valence electrons. The molecule has 3 rings (SSSR count). The van der Waals surface area contributed by atoms with Gasteiger partial charge < -0.3 is 18.6 Å². The zero-order valence-corrected chi connectivity index (χ0v) is 12.2. The number of hydrogen-bond donors (Lipinski definition) is 0. The lowest BCUT2D eigenvalue weighted by atomic mass is 10.2. The van der Waals surface area contributed by atoms with Gasteiger partial charge in [-0.2, -0.15) is 0 Å². The number of aryl methyl sites for hydroxylation is 1. The molecule has 6 heteroatoms. The third kappa shape index (κ3) is 3.21. The number of carbonyl (C=O) groups is 2. The number of amides is 2. The minimum atomic E-state index is -0.0450. The number of piperazine rings is 1. The molecule has 0 spiro atoms. The Labute approximate surface area is 128 Å². The van der Waals surface area contributed by atoms with Crippen LogP contribution in [0.3, 0.4) is 0 Å². The van der Waals surface area contributed by atoms with Crippen LogP contribution in [0.25, 0.3) is 0 Å². The summed E-state index contributed by atoms with van der Waals surface area (Å²) < 4.78 is 10.2. The Morgan fingerprint density at radius 1 is 1.05 bits per heavy atom. The van der Waals surface area contributed by atoms with E-state index >= 15 is 0 Å². The van der Waals surface area contributed by atoms with Crippen LogP contribution in [0.2, 0.25) is 0 Å². The highest BCUT2D eigenvalue weighted by Crippen LogP contribution is 2.11. The summed E-state index contributed by atoms with van der Waals surface area (Å²) >= 11 is 0. The zero-order valence-electron chi connectivity index (χ0n) is 12.2. The van der Waals surface area contributed by atoms with Crippen molar-refractivity contribution in [2.24, 2.45) is 0 Å². The molecule has 6 nitrogen and oxygen atoms in total. The zero-order chi connectivity index (χ0) is 15.4. The van der Waals surface area contributed by atoms with Gasteiger partial charge in [0.1, 0.15) is 12.0 Å². The van der Waals surface area contributed by atoms with Crippen LogP contribution >= 0.6 is 0 Å². The van der Waals surface area contributed by atoms with Crippen LogP contribution in [0.1, 0.15) is 22.5 Å². The van der Waals surface area contributed by atoms with Crippen molar-refractivity contribution in [3.05, 3.63) is 48.3 Å². The van der Waals surface area contributed by atoms with Gasteiger partial charge in [0.2, 0.25) is 5.91 Å². The Morgan fingerprint density at radius 2 is 1.82 bits per heavy atom. The van der Waals surface area contributed by atoms with E-state index in [1.807, 2.05) is 17.0 Å². The predicted octanol–water partition coefficient (Wildman–Crippen LogP) is 1.79. The molecule has 0 saturated carbocycles. The molecule has 0 atom stereocenters. The maximum atomic E-state index is 12.2. The van der Waals surface area contributed by atoms with E-state index < -0.39 is 0 Å². The van der Waals surface area contributed by atoms with E-state index in [1.165, 1.54) is 12.5 Å². The second-order valence-electron chi connectivity index (χ2n) is 5.26. The molecule has 1 aliphatic rings. The second-order valence-corrected chi connectivity index (χ2v) is 5.26. The highest BCUT2D eigenvalue weighted by molar-refractivity contribution is 5.94. The van der Waals surface area contributed by atoms with Gasteiger partial charge in [0.25, 0.3) is 5.91 Å². The standard InChI is InChI=1S/C16H18N2O4/c19-15(4-3-14-2-1-10-22-14)17-6-8-18(9-7-17)16(20)13-5-11-21-12-13/h1-2,5,10-12H,3-4,6-9H2. The summed E-state index contributed by atoms with van der Waals surface area (Å²) in [6, 6.07) is 5.35. The maximum Gasteiger partial charge on any atom is 0.257 e. The van der Waals surface area contributed by atoms with E-state index in [0.29, 0.717) is 44.6 Å². The fraction of sp³-hybridized carbons (Fsp3) is 0.375. The van der Waals surface area contributed by atoms with Gasteiger partial charge in [0, 0.05) is 39.0 Å². The summed E-state index contributed by atoms with van der Waals surface area (Å²) in [4.78, 5) is 27.9. The molecule has 1 aliphatic heterocycles. The summed E-state index contributed by atoms with van der Waals surface area (Å²) in [6.07, 6.45) is 5.59. The lowest BCUT2D eigenvalue weighted by Gasteiger charge is -2.34. The molecule has 0 aliphatic carbocycles. The quantitative estimate of drug-likeness (QED) is 0.863. The first-order valence-corrected chi connectivity index (χ1v) is 7.35. The van der Waals surface area contributed by atoms with Crippen LogP contribution in [-0.2, 0) is 11.2 Å². The predicted molar refractivity (Wildman–Crippen MR) is 78.2 cm³/mol. The van der Waals surface area contributed by atoms with Crippen molar-refractivity contribution in [3.8, 4) is 0 Å². The fourth-order valence-corrected chi connectivity index (χ4v) is 2.57. The first-order valence-electron chi connectivity index (χ1n) is 7.35. The molecule has 0 aromatic carbocycles. The van der Waals surface area contributed by atoms with Gasteiger partial charge in [-0.15, -0.1) is 0 Å². The molecule has 0 bridgehead atoms. The van der Waals surface area contributed by atoms with Crippen molar-refractivity contribution in [1.82, 2.24) is 9.80 Å². The molecule has 3 heterocycles. The van der Waals surface area contributed by atoms with Gasteiger partial charge in [0.15, 0.2) is 0 Å². The average Bonchev–Trinajstić information content (AvgIpc) is 3.25. The third-order valence-corrected chi connectivity index (χ3v) is 3.85. The molecule has 1 fully saturated rings. The summed E-state index contributed by atoms with van der Waals surface area (Å²) in [5.74, 6) is 0.880. The molecule has 0 N–H and O–H groups in total. The molecule has 22 heavy (non-hydrogen) atoms. The van der Waals surface area contributed by atoms with E-state index in [1.54, 1.807) is 17.2 Å². The van der Waals surface area contributed by atoms with Crippen molar-refractivity contribution in [2.45, 2.75) is 12.8 Å². The minimum absolute atomic E-state index is 0.0450. The van der Waals surface area contributed by atoms with Crippen LogP contribution in [-0.4, -0.2) is 47.8 Å². The van der Waals surface area contributed by atoms with E-state index in [9.17, 15) is 9.59 Å². The van der Waals surface area contributed by atoms with Crippen LogP contribution in [0.4, 0.5) is 0 Å².